The van der Waals surface area contributed by atoms with Crippen molar-refractivity contribution >= 4 is 15.9 Å². The zero-order valence-electron chi connectivity index (χ0n) is 11.4. The third kappa shape index (κ3) is 4.02. The van der Waals surface area contributed by atoms with Gasteiger partial charge in [0.2, 0.25) is 0 Å². The fourth-order valence-corrected chi connectivity index (χ4v) is 3.17. The molecule has 1 atom stereocenters. The Labute approximate surface area is 123 Å². The highest BCUT2D eigenvalue weighted by Gasteiger charge is 2.33. The lowest BCUT2D eigenvalue weighted by molar-refractivity contribution is -0.0531. The van der Waals surface area contributed by atoms with Crippen molar-refractivity contribution in [2.24, 2.45) is 5.41 Å². The maximum Gasteiger partial charge on any atom is 0.0556 e. The summed E-state index contributed by atoms with van der Waals surface area (Å²) in [5.41, 5.74) is 1.18. The van der Waals surface area contributed by atoms with Gasteiger partial charge in [-0.1, -0.05) is 34.1 Å². The summed E-state index contributed by atoms with van der Waals surface area (Å²) in [6.07, 6.45) is 2.09. The lowest BCUT2D eigenvalue weighted by Gasteiger charge is -2.38. The zero-order chi connectivity index (χ0) is 13.7. The van der Waals surface area contributed by atoms with E-state index < -0.39 is 0 Å². The maximum atomic E-state index is 9.70. The summed E-state index contributed by atoms with van der Waals surface area (Å²) in [7, 11) is 2.10. The van der Waals surface area contributed by atoms with Gasteiger partial charge in [-0.05, 0) is 31.5 Å². The van der Waals surface area contributed by atoms with Crippen molar-refractivity contribution in [2.45, 2.75) is 19.4 Å². The van der Waals surface area contributed by atoms with Crippen molar-refractivity contribution in [3.63, 3.8) is 0 Å². The van der Waals surface area contributed by atoms with Crippen LogP contribution >= 0.6 is 15.9 Å². The van der Waals surface area contributed by atoms with Crippen molar-refractivity contribution in [1.29, 1.82) is 0 Å². The monoisotopic (exact) mass is 327 g/mol. The number of hydrogen-bond donors (Lipinski definition) is 1. The van der Waals surface area contributed by atoms with Gasteiger partial charge in [-0.25, -0.2) is 0 Å². The largest absolute Gasteiger partial charge is 0.396 e. The van der Waals surface area contributed by atoms with Crippen molar-refractivity contribution in [3.05, 3.63) is 34.3 Å². The van der Waals surface area contributed by atoms with E-state index in [0.29, 0.717) is 6.61 Å². The van der Waals surface area contributed by atoms with E-state index in [-0.39, 0.29) is 12.0 Å². The SMILES string of the molecule is CN(Cc1ccccc1Br)CC1(CO)CCCOC1. The Morgan fingerprint density at radius 2 is 2.21 bits per heavy atom. The molecule has 106 valence electrons. The molecule has 0 aliphatic carbocycles. The van der Waals surface area contributed by atoms with Crippen LogP contribution in [0.15, 0.2) is 28.7 Å². The Kier molecular flexibility index (Phi) is 5.39. The third-order valence-corrected chi connectivity index (χ3v) is 4.52. The zero-order valence-corrected chi connectivity index (χ0v) is 13.0. The lowest BCUT2D eigenvalue weighted by atomic mass is 9.83. The molecule has 1 aliphatic rings. The van der Waals surface area contributed by atoms with Crippen LogP contribution in [0.4, 0.5) is 0 Å². The molecule has 1 aromatic carbocycles. The molecule has 1 N–H and O–H groups in total. The standard InChI is InChI=1S/C15H22BrNO2/c1-17(9-13-5-2-3-6-14(13)16)10-15(11-18)7-4-8-19-12-15/h2-3,5-6,18H,4,7-12H2,1H3. The molecule has 1 fully saturated rings. The van der Waals surface area contributed by atoms with Crippen LogP contribution in [0.25, 0.3) is 0 Å². The Hall–Kier alpha value is -0.420. The second kappa shape index (κ2) is 6.84. The van der Waals surface area contributed by atoms with Crippen LogP contribution in [-0.2, 0) is 11.3 Å². The van der Waals surface area contributed by atoms with Crippen molar-refractivity contribution in [2.75, 3.05) is 33.4 Å². The van der Waals surface area contributed by atoms with E-state index in [1.807, 2.05) is 6.07 Å². The van der Waals surface area contributed by atoms with E-state index in [9.17, 15) is 5.11 Å². The van der Waals surface area contributed by atoms with E-state index >= 15 is 0 Å². The first kappa shape index (κ1) is 15.0. The van der Waals surface area contributed by atoms with E-state index in [1.165, 1.54) is 5.56 Å². The summed E-state index contributed by atoms with van der Waals surface area (Å²) in [5, 5.41) is 9.70. The quantitative estimate of drug-likeness (QED) is 0.902. The number of ether oxygens (including phenoxy) is 1. The number of benzene rings is 1. The smallest absolute Gasteiger partial charge is 0.0556 e. The summed E-state index contributed by atoms with van der Waals surface area (Å²) in [6, 6.07) is 8.27. The Bertz CT molecular complexity index is 405. The number of aliphatic hydroxyl groups is 1. The van der Waals surface area contributed by atoms with Crippen LogP contribution in [0.5, 0.6) is 0 Å². The fourth-order valence-electron chi connectivity index (χ4n) is 2.76. The van der Waals surface area contributed by atoms with Crippen LogP contribution in [0.2, 0.25) is 0 Å². The fraction of sp³-hybridized carbons (Fsp3) is 0.600. The first-order valence-electron chi connectivity index (χ1n) is 6.76. The van der Waals surface area contributed by atoms with E-state index in [1.54, 1.807) is 0 Å². The highest BCUT2D eigenvalue weighted by Crippen LogP contribution is 2.29. The predicted molar refractivity (Wildman–Crippen MR) is 80.0 cm³/mol. The molecule has 3 nitrogen and oxygen atoms in total. The third-order valence-electron chi connectivity index (χ3n) is 3.74. The summed E-state index contributed by atoms with van der Waals surface area (Å²) < 4.78 is 6.69. The summed E-state index contributed by atoms with van der Waals surface area (Å²) in [6.45, 7) is 3.45. The van der Waals surface area contributed by atoms with E-state index in [4.69, 9.17) is 4.74 Å². The highest BCUT2D eigenvalue weighted by molar-refractivity contribution is 9.10. The summed E-state index contributed by atoms with van der Waals surface area (Å²) >= 11 is 3.58. The number of rotatable bonds is 5. The molecule has 0 spiro atoms. The average Bonchev–Trinajstić information content (AvgIpc) is 2.42. The number of aliphatic hydroxyl groups excluding tert-OH is 1. The Morgan fingerprint density at radius 3 is 2.84 bits per heavy atom. The Morgan fingerprint density at radius 1 is 1.42 bits per heavy atom. The second-order valence-corrected chi connectivity index (χ2v) is 6.43. The molecular formula is C15H22BrNO2. The van der Waals surface area contributed by atoms with Crippen LogP contribution in [0.1, 0.15) is 18.4 Å². The van der Waals surface area contributed by atoms with Gasteiger partial charge in [-0.2, -0.15) is 0 Å². The maximum absolute atomic E-state index is 9.70. The molecule has 1 heterocycles. The van der Waals surface area contributed by atoms with Crippen molar-refractivity contribution in [1.82, 2.24) is 4.90 Å². The van der Waals surface area contributed by atoms with Gasteiger partial charge >= 0.3 is 0 Å². The number of halogens is 1. The molecule has 4 heteroatoms. The molecule has 19 heavy (non-hydrogen) atoms. The van der Waals surface area contributed by atoms with Gasteiger partial charge in [0.1, 0.15) is 0 Å². The van der Waals surface area contributed by atoms with Gasteiger partial charge in [0, 0.05) is 29.6 Å². The first-order chi connectivity index (χ1) is 9.15. The normalized spacial score (nSPS) is 23.8. The molecule has 0 bridgehead atoms. The van der Waals surface area contributed by atoms with Gasteiger partial charge in [0.15, 0.2) is 0 Å². The predicted octanol–water partition coefficient (Wildman–Crippen LogP) is 2.67. The molecule has 0 aromatic heterocycles. The van der Waals surface area contributed by atoms with Crippen LogP contribution in [0.3, 0.4) is 0 Å². The molecule has 0 amide bonds. The molecule has 1 aliphatic heterocycles. The van der Waals surface area contributed by atoms with Gasteiger partial charge < -0.3 is 14.7 Å². The van der Waals surface area contributed by atoms with Gasteiger partial charge in [-0.15, -0.1) is 0 Å². The average molecular weight is 328 g/mol. The van der Waals surface area contributed by atoms with Crippen LogP contribution in [0, 0.1) is 5.41 Å². The molecule has 1 aromatic rings. The minimum atomic E-state index is -0.0890. The number of nitrogens with zero attached hydrogens (tertiary/aromatic N) is 1. The summed E-state index contributed by atoms with van der Waals surface area (Å²) in [4.78, 5) is 2.27. The Balaban J connectivity index is 1.96. The number of hydrogen-bond acceptors (Lipinski definition) is 3. The van der Waals surface area contributed by atoms with Crippen LogP contribution < -0.4 is 0 Å². The van der Waals surface area contributed by atoms with E-state index in [2.05, 4.69) is 46.1 Å². The highest BCUT2D eigenvalue weighted by atomic mass is 79.9. The molecule has 0 radical (unpaired) electrons. The van der Waals surface area contributed by atoms with Crippen LogP contribution in [-0.4, -0.2) is 43.4 Å². The lowest BCUT2D eigenvalue weighted by Crippen LogP contribution is -2.44. The minimum absolute atomic E-state index is 0.0890. The molecule has 1 unspecified atom stereocenters. The van der Waals surface area contributed by atoms with E-state index in [0.717, 1.165) is 37.0 Å². The molecular weight excluding hydrogens is 306 g/mol. The topological polar surface area (TPSA) is 32.7 Å². The van der Waals surface area contributed by atoms with Crippen molar-refractivity contribution in [3.8, 4) is 0 Å². The van der Waals surface area contributed by atoms with Gasteiger partial charge in [0.05, 0.1) is 13.2 Å². The second-order valence-electron chi connectivity index (χ2n) is 5.58. The molecule has 0 saturated carbocycles. The van der Waals surface area contributed by atoms with Gasteiger partial charge in [-0.3, -0.25) is 0 Å². The molecule has 2 rings (SSSR count). The van der Waals surface area contributed by atoms with Gasteiger partial charge in [0.25, 0.3) is 0 Å². The minimum Gasteiger partial charge on any atom is -0.396 e. The molecule has 1 saturated heterocycles. The first-order valence-corrected chi connectivity index (χ1v) is 7.55. The van der Waals surface area contributed by atoms with Crippen molar-refractivity contribution < 1.29 is 9.84 Å². The summed E-state index contributed by atoms with van der Waals surface area (Å²) in [5.74, 6) is 0.